The van der Waals surface area contributed by atoms with Gasteiger partial charge in [0.05, 0.1) is 18.9 Å². The molecule has 150 valence electrons. The highest BCUT2D eigenvalue weighted by Gasteiger charge is 2.25. The molecule has 1 saturated heterocycles. The normalized spacial score (nSPS) is 17.8. The van der Waals surface area contributed by atoms with Crippen molar-refractivity contribution in [3.63, 3.8) is 0 Å². The van der Waals surface area contributed by atoms with Crippen molar-refractivity contribution < 1.29 is 9.53 Å². The first kappa shape index (κ1) is 19.2. The molecule has 2 aliphatic rings. The maximum atomic E-state index is 13.1. The standard InChI is InChI=1S/C22H30N4O2/c1-17-6-5-11-26-19(16-23-10-9-18-7-3-2-4-8-18)20(24-21(17)26)22(27)25-12-14-28-15-13-25/h5-7,11,23H,2-4,8-10,12-16H2,1H3. The Labute approximate surface area is 166 Å². The van der Waals surface area contributed by atoms with Gasteiger partial charge in [0.25, 0.3) is 5.91 Å². The minimum atomic E-state index is 0.0122. The van der Waals surface area contributed by atoms with Crippen molar-refractivity contribution >= 4 is 11.6 Å². The van der Waals surface area contributed by atoms with Crippen LogP contribution in [-0.2, 0) is 11.3 Å². The molecule has 1 N–H and O–H groups in total. The Kier molecular flexibility index (Phi) is 6.07. The minimum Gasteiger partial charge on any atom is -0.378 e. The molecule has 2 aromatic heterocycles. The molecule has 1 aliphatic heterocycles. The predicted octanol–water partition coefficient (Wildman–Crippen LogP) is 3.10. The van der Waals surface area contributed by atoms with Gasteiger partial charge in [-0.3, -0.25) is 4.79 Å². The molecular formula is C22H30N4O2. The first-order valence-electron chi connectivity index (χ1n) is 10.5. The lowest BCUT2D eigenvalue weighted by Gasteiger charge is -2.26. The number of rotatable bonds is 6. The lowest BCUT2D eigenvalue weighted by Crippen LogP contribution is -2.41. The second-order valence-electron chi connectivity index (χ2n) is 7.73. The molecule has 0 spiro atoms. The summed E-state index contributed by atoms with van der Waals surface area (Å²) in [4.78, 5) is 19.7. The van der Waals surface area contributed by atoms with Gasteiger partial charge >= 0.3 is 0 Å². The van der Waals surface area contributed by atoms with Crippen molar-refractivity contribution in [1.82, 2.24) is 19.6 Å². The van der Waals surface area contributed by atoms with Crippen molar-refractivity contribution in [1.29, 1.82) is 0 Å². The molecule has 1 fully saturated rings. The molecule has 2 aromatic rings. The van der Waals surface area contributed by atoms with E-state index in [0.29, 0.717) is 38.5 Å². The summed E-state index contributed by atoms with van der Waals surface area (Å²) in [7, 11) is 0. The summed E-state index contributed by atoms with van der Waals surface area (Å²) in [5, 5.41) is 3.55. The Morgan fingerprint density at radius 2 is 2.14 bits per heavy atom. The van der Waals surface area contributed by atoms with Crippen LogP contribution in [0.15, 0.2) is 30.0 Å². The average Bonchev–Trinajstić information content (AvgIpc) is 3.12. The third kappa shape index (κ3) is 4.13. The van der Waals surface area contributed by atoms with E-state index in [2.05, 4.69) is 15.8 Å². The van der Waals surface area contributed by atoms with E-state index in [-0.39, 0.29) is 5.91 Å². The zero-order valence-corrected chi connectivity index (χ0v) is 16.7. The van der Waals surface area contributed by atoms with Gasteiger partial charge in [0.15, 0.2) is 5.69 Å². The fraction of sp³-hybridized carbons (Fsp3) is 0.545. The highest BCUT2D eigenvalue weighted by molar-refractivity contribution is 5.94. The van der Waals surface area contributed by atoms with E-state index in [1.165, 1.54) is 25.7 Å². The highest BCUT2D eigenvalue weighted by Crippen LogP contribution is 2.20. The summed E-state index contributed by atoms with van der Waals surface area (Å²) < 4.78 is 7.46. The molecule has 0 radical (unpaired) electrons. The Bertz CT molecular complexity index is 865. The number of nitrogens with zero attached hydrogens (tertiary/aromatic N) is 3. The zero-order chi connectivity index (χ0) is 19.3. The lowest BCUT2D eigenvalue weighted by atomic mass is 9.97. The van der Waals surface area contributed by atoms with E-state index < -0.39 is 0 Å². The maximum absolute atomic E-state index is 13.1. The van der Waals surface area contributed by atoms with Crippen LogP contribution in [0.4, 0.5) is 0 Å². The third-order valence-corrected chi connectivity index (χ3v) is 5.75. The smallest absolute Gasteiger partial charge is 0.274 e. The van der Waals surface area contributed by atoms with Gasteiger partial charge in [-0.2, -0.15) is 0 Å². The summed E-state index contributed by atoms with van der Waals surface area (Å²) >= 11 is 0. The number of fused-ring (bicyclic) bond motifs is 1. The molecular weight excluding hydrogens is 352 g/mol. The number of carbonyl (C=O) groups excluding carboxylic acids is 1. The number of allylic oxidation sites excluding steroid dienone is 1. The fourth-order valence-electron chi connectivity index (χ4n) is 4.10. The Hall–Kier alpha value is -2.18. The Balaban J connectivity index is 1.52. The largest absolute Gasteiger partial charge is 0.378 e. The first-order valence-corrected chi connectivity index (χ1v) is 10.5. The number of imidazole rings is 1. The number of hydrogen-bond acceptors (Lipinski definition) is 4. The van der Waals surface area contributed by atoms with E-state index in [1.807, 2.05) is 30.2 Å². The van der Waals surface area contributed by atoms with Crippen molar-refractivity contribution in [2.45, 2.75) is 45.6 Å². The Morgan fingerprint density at radius 1 is 1.29 bits per heavy atom. The molecule has 3 heterocycles. The van der Waals surface area contributed by atoms with Crippen LogP contribution in [0, 0.1) is 6.92 Å². The van der Waals surface area contributed by atoms with Crippen molar-refractivity contribution in [3.05, 3.63) is 46.9 Å². The van der Waals surface area contributed by atoms with E-state index in [4.69, 9.17) is 9.72 Å². The second-order valence-corrected chi connectivity index (χ2v) is 7.73. The average molecular weight is 383 g/mol. The summed E-state index contributed by atoms with van der Waals surface area (Å²) in [6.45, 7) is 6.07. The number of carbonyl (C=O) groups is 1. The molecule has 28 heavy (non-hydrogen) atoms. The number of nitrogens with one attached hydrogen (secondary N) is 1. The summed E-state index contributed by atoms with van der Waals surface area (Å²) in [5.41, 5.74) is 5.04. The highest BCUT2D eigenvalue weighted by atomic mass is 16.5. The second kappa shape index (κ2) is 8.88. The van der Waals surface area contributed by atoms with Gasteiger partial charge < -0.3 is 19.4 Å². The van der Waals surface area contributed by atoms with Crippen LogP contribution in [0.25, 0.3) is 5.65 Å². The summed E-state index contributed by atoms with van der Waals surface area (Å²) in [6.07, 6.45) is 10.6. The number of aryl methyl sites for hydroxylation is 1. The van der Waals surface area contributed by atoms with Crippen molar-refractivity contribution in [3.8, 4) is 0 Å². The van der Waals surface area contributed by atoms with Crippen molar-refractivity contribution in [2.75, 3.05) is 32.8 Å². The molecule has 1 aliphatic carbocycles. The van der Waals surface area contributed by atoms with Crippen LogP contribution < -0.4 is 5.32 Å². The number of amides is 1. The van der Waals surface area contributed by atoms with Crippen LogP contribution in [0.5, 0.6) is 0 Å². The number of aromatic nitrogens is 2. The summed E-state index contributed by atoms with van der Waals surface area (Å²) in [6, 6.07) is 4.06. The predicted molar refractivity (Wildman–Crippen MR) is 110 cm³/mol. The quantitative estimate of drug-likeness (QED) is 0.616. The Morgan fingerprint density at radius 3 is 2.93 bits per heavy atom. The zero-order valence-electron chi connectivity index (χ0n) is 16.7. The van der Waals surface area contributed by atoms with Crippen LogP contribution in [0.3, 0.4) is 0 Å². The van der Waals surface area contributed by atoms with Crippen LogP contribution in [-0.4, -0.2) is 53.0 Å². The fourth-order valence-corrected chi connectivity index (χ4v) is 4.10. The van der Waals surface area contributed by atoms with Crippen LogP contribution >= 0.6 is 0 Å². The molecule has 6 heteroatoms. The number of hydrogen-bond donors (Lipinski definition) is 1. The monoisotopic (exact) mass is 382 g/mol. The SMILES string of the molecule is Cc1cccn2c(CNCCC3=CCCCC3)c(C(=O)N3CCOCC3)nc12. The van der Waals surface area contributed by atoms with E-state index in [1.54, 1.807) is 5.57 Å². The first-order chi connectivity index (χ1) is 13.7. The van der Waals surface area contributed by atoms with Gasteiger partial charge in [0, 0.05) is 25.8 Å². The van der Waals surface area contributed by atoms with Crippen LogP contribution in [0.1, 0.15) is 53.8 Å². The molecule has 6 nitrogen and oxygen atoms in total. The molecule has 1 amide bonds. The molecule has 0 atom stereocenters. The minimum absolute atomic E-state index is 0.0122. The number of pyridine rings is 1. The van der Waals surface area contributed by atoms with E-state index in [0.717, 1.165) is 29.9 Å². The molecule has 0 unspecified atom stereocenters. The van der Waals surface area contributed by atoms with Gasteiger partial charge in [-0.1, -0.05) is 17.7 Å². The number of ether oxygens (including phenoxy) is 1. The van der Waals surface area contributed by atoms with Gasteiger partial charge in [0.2, 0.25) is 0 Å². The summed E-state index contributed by atoms with van der Waals surface area (Å²) in [5.74, 6) is 0.0122. The molecule has 0 aromatic carbocycles. The van der Waals surface area contributed by atoms with E-state index >= 15 is 0 Å². The molecule has 0 saturated carbocycles. The van der Waals surface area contributed by atoms with Gasteiger partial charge in [-0.25, -0.2) is 4.98 Å². The third-order valence-electron chi connectivity index (χ3n) is 5.75. The van der Waals surface area contributed by atoms with Gasteiger partial charge in [-0.05, 0) is 57.2 Å². The maximum Gasteiger partial charge on any atom is 0.274 e. The van der Waals surface area contributed by atoms with E-state index in [9.17, 15) is 4.79 Å². The molecule has 4 rings (SSSR count). The topological polar surface area (TPSA) is 58.9 Å². The lowest BCUT2D eigenvalue weighted by molar-refractivity contribution is 0.0298. The van der Waals surface area contributed by atoms with Crippen LogP contribution in [0.2, 0.25) is 0 Å². The van der Waals surface area contributed by atoms with Gasteiger partial charge in [-0.15, -0.1) is 0 Å². The van der Waals surface area contributed by atoms with Gasteiger partial charge in [0.1, 0.15) is 5.65 Å². The molecule has 0 bridgehead atoms. The number of morpholine rings is 1. The van der Waals surface area contributed by atoms with Crippen molar-refractivity contribution in [2.24, 2.45) is 0 Å².